The van der Waals surface area contributed by atoms with E-state index in [-0.39, 0.29) is 17.6 Å². The number of benzene rings is 1. The van der Waals surface area contributed by atoms with Crippen LogP contribution in [-0.2, 0) is 16.2 Å². The molecule has 0 aliphatic heterocycles. The van der Waals surface area contributed by atoms with Gasteiger partial charge in [-0.15, -0.1) is 0 Å². The molecule has 2 atom stereocenters. The van der Waals surface area contributed by atoms with Gasteiger partial charge in [-0.1, -0.05) is 26.3 Å². The zero-order valence-electron chi connectivity index (χ0n) is 12.8. The molecule has 0 aliphatic carbocycles. The highest BCUT2D eigenvalue weighted by Gasteiger charge is 2.35. The number of carbonyl (C=O) groups excluding carboxylic acids is 1. The van der Waals surface area contributed by atoms with Crippen LogP contribution in [0.4, 0.5) is 0 Å². The number of esters is 1. The van der Waals surface area contributed by atoms with E-state index in [2.05, 4.69) is 11.1 Å². The molecule has 0 aliphatic rings. The first-order chi connectivity index (χ1) is 9.77. The summed E-state index contributed by atoms with van der Waals surface area (Å²) in [7, 11) is 0. The van der Waals surface area contributed by atoms with E-state index in [1.165, 1.54) is 12.1 Å². The van der Waals surface area contributed by atoms with Gasteiger partial charge in [-0.05, 0) is 38.3 Å². The van der Waals surface area contributed by atoms with E-state index in [0.29, 0.717) is 5.75 Å². The van der Waals surface area contributed by atoms with Gasteiger partial charge in [0.25, 0.3) is 0 Å². The quantitative estimate of drug-likeness (QED) is 0.473. The molecule has 1 aromatic rings. The summed E-state index contributed by atoms with van der Waals surface area (Å²) in [5, 5.41) is 0. The van der Waals surface area contributed by atoms with Crippen molar-refractivity contribution < 1.29 is 22.5 Å². The molecule has 1 N–H and O–H groups in total. The van der Waals surface area contributed by atoms with E-state index >= 15 is 0 Å². The Bertz CT molecular complexity index is 513. The largest absolute Gasteiger partial charge is 0.426 e. The van der Waals surface area contributed by atoms with Crippen molar-refractivity contribution in [2.75, 3.05) is 0 Å². The van der Waals surface area contributed by atoms with Crippen molar-refractivity contribution in [1.29, 1.82) is 0 Å². The van der Waals surface area contributed by atoms with Crippen LogP contribution >= 0.6 is 0 Å². The van der Waals surface area contributed by atoms with Crippen LogP contribution in [0, 0.1) is 11.3 Å². The third-order valence-electron chi connectivity index (χ3n) is 3.66. The molecule has 0 heterocycles. The highest BCUT2D eigenvalue weighted by molar-refractivity contribution is 7.74. The molecule has 0 fully saturated rings. The Kier molecular flexibility index (Phi) is 6.36. The molecule has 0 bridgehead atoms. The van der Waals surface area contributed by atoms with Gasteiger partial charge in [-0.3, -0.25) is 9.35 Å². The van der Waals surface area contributed by atoms with Crippen LogP contribution in [-0.4, -0.2) is 14.7 Å². The van der Waals surface area contributed by atoms with Gasteiger partial charge in [0.2, 0.25) is 0 Å². The first-order valence-electron chi connectivity index (χ1n) is 6.89. The van der Waals surface area contributed by atoms with Crippen molar-refractivity contribution >= 4 is 17.3 Å². The summed E-state index contributed by atoms with van der Waals surface area (Å²) in [5.74, 6) is 0.324. The second kappa shape index (κ2) is 7.56. The van der Waals surface area contributed by atoms with E-state index in [1.807, 2.05) is 20.8 Å². The lowest BCUT2D eigenvalue weighted by atomic mass is 9.78. The maximum atomic E-state index is 12.3. The maximum Gasteiger partial charge on any atom is 0.357 e. The first kappa shape index (κ1) is 17.7. The van der Waals surface area contributed by atoms with E-state index in [9.17, 15) is 9.00 Å². The minimum atomic E-state index is -2.41. The van der Waals surface area contributed by atoms with Crippen LogP contribution in [0.15, 0.2) is 24.3 Å². The van der Waals surface area contributed by atoms with Crippen molar-refractivity contribution in [2.24, 2.45) is 11.3 Å². The fourth-order valence-electron chi connectivity index (χ4n) is 1.91. The summed E-state index contributed by atoms with van der Waals surface area (Å²) in [6.45, 7) is 7.82. The SMILES string of the molecule is CCCC(C)C(C)(C)C(=O)Oc1cccc(OS(=O)O)c1. The van der Waals surface area contributed by atoms with Crippen LogP contribution in [0.5, 0.6) is 11.5 Å². The smallest absolute Gasteiger partial charge is 0.357 e. The molecule has 6 heteroatoms. The van der Waals surface area contributed by atoms with Gasteiger partial charge in [0, 0.05) is 6.07 Å². The van der Waals surface area contributed by atoms with Gasteiger partial charge in [0.1, 0.15) is 11.5 Å². The molecule has 0 amide bonds. The molecule has 118 valence electrons. The van der Waals surface area contributed by atoms with Crippen LogP contribution in [0.2, 0.25) is 0 Å². The third-order valence-corrected chi connectivity index (χ3v) is 4.00. The fourth-order valence-corrected chi connectivity index (χ4v) is 2.17. The molecule has 21 heavy (non-hydrogen) atoms. The number of hydrogen-bond donors (Lipinski definition) is 1. The van der Waals surface area contributed by atoms with Gasteiger partial charge < -0.3 is 8.92 Å². The van der Waals surface area contributed by atoms with Gasteiger partial charge in [-0.2, -0.15) is 4.21 Å². The second-order valence-electron chi connectivity index (χ2n) is 5.58. The van der Waals surface area contributed by atoms with Crippen molar-refractivity contribution in [3.05, 3.63) is 24.3 Å². The average molecular weight is 314 g/mol. The Labute approximate surface area is 128 Å². The predicted molar refractivity (Wildman–Crippen MR) is 81.3 cm³/mol. The maximum absolute atomic E-state index is 12.3. The molecule has 5 nitrogen and oxygen atoms in total. The minimum absolute atomic E-state index is 0.167. The molecule has 2 unspecified atom stereocenters. The molecule has 0 saturated carbocycles. The minimum Gasteiger partial charge on any atom is -0.426 e. The lowest BCUT2D eigenvalue weighted by Gasteiger charge is -2.29. The lowest BCUT2D eigenvalue weighted by Crippen LogP contribution is -2.35. The zero-order chi connectivity index (χ0) is 16.0. The third kappa shape index (κ3) is 5.13. The Morgan fingerprint density at radius 3 is 2.57 bits per heavy atom. The van der Waals surface area contributed by atoms with Crippen LogP contribution in [0.3, 0.4) is 0 Å². The summed E-state index contributed by atoms with van der Waals surface area (Å²) in [6, 6.07) is 6.11. The summed E-state index contributed by atoms with van der Waals surface area (Å²) in [5.41, 5.74) is -0.604. The standard InChI is InChI=1S/C15H22O5S/c1-5-7-11(2)15(3,4)14(16)19-12-8-6-9-13(10-12)20-21(17)18/h6,8-11H,5,7H2,1-4H3,(H,17,18). The number of hydrogen-bond acceptors (Lipinski definition) is 4. The van der Waals surface area contributed by atoms with Crippen LogP contribution < -0.4 is 8.92 Å². The molecule has 0 saturated heterocycles. The van der Waals surface area contributed by atoms with Gasteiger partial charge in [-0.25, -0.2) is 0 Å². The highest BCUT2D eigenvalue weighted by atomic mass is 32.2. The lowest BCUT2D eigenvalue weighted by molar-refractivity contribution is -0.146. The molecule has 0 radical (unpaired) electrons. The van der Waals surface area contributed by atoms with Crippen molar-refractivity contribution in [3.63, 3.8) is 0 Å². The Morgan fingerprint density at radius 1 is 1.38 bits per heavy atom. The zero-order valence-corrected chi connectivity index (χ0v) is 13.6. The summed E-state index contributed by atoms with van der Waals surface area (Å²) in [6.07, 6.45) is 1.94. The topological polar surface area (TPSA) is 72.8 Å². The molecule has 0 aromatic heterocycles. The summed E-state index contributed by atoms with van der Waals surface area (Å²) < 4.78 is 29.3. The van der Waals surface area contributed by atoms with Crippen LogP contribution in [0.25, 0.3) is 0 Å². The highest BCUT2D eigenvalue weighted by Crippen LogP contribution is 2.32. The van der Waals surface area contributed by atoms with Crippen molar-refractivity contribution in [1.82, 2.24) is 0 Å². The second-order valence-corrected chi connectivity index (χ2v) is 6.18. The first-order valence-corrected chi connectivity index (χ1v) is 7.92. The van der Waals surface area contributed by atoms with Gasteiger partial charge in [0.15, 0.2) is 0 Å². The van der Waals surface area contributed by atoms with E-state index in [4.69, 9.17) is 9.29 Å². The van der Waals surface area contributed by atoms with Crippen molar-refractivity contribution in [3.8, 4) is 11.5 Å². The van der Waals surface area contributed by atoms with E-state index in [1.54, 1.807) is 12.1 Å². The summed E-state index contributed by atoms with van der Waals surface area (Å²) in [4.78, 5) is 12.3. The normalized spacial score (nSPS) is 14.3. The number of rotatable bonds is 7. The number of ether oxygens (including phenoxy) is 1. The van der Waals surface area contributed by atoms with E-state index in [0.717, 1.165) is 12.8 Å². The Hall–Kier alpha value is -1.40. The number of carbonyl (C=O) groups is 1. The Morgan fingerprint density at radius 2 is 2.00 bits per heavy atom. The molecule has 1 aromatic carbocycles. The van der Waals surface area contributed by atoms with E-state index < -0.39 is 16.8 Å². The Balaban J connectivity index is 2.80. The molecular formula is C15H22O5S. The molecule has 1 rings (SSSR count). The van der Waals surface area contributed by atoms with Crippen molar-refractivity contribution in [2.45, 2.75) is 40.5 Å². The predicted octanol–water partition coefficient (Wildman–Crippen LogP) is 3.57. The summed E-state index contributed by atoms with van der Waals surface area (Å²) >= 11 is -2.41. The molecular weight excluding hydrogens is 292 g/mol. The van der Waals surface area contributed by atoms with Gasteiger partial charge >= 0.3 is 17.3 Å². The average Bonchev–Trinajstić information content (AvgIpc) is 2.38. The fraction of sp³-hybridized carbons (Fsp3) is 0.533. The van der Waals surface area contributed by atoms with Gasteiger partial charge in [0.05, 0.1) is 5.41 Å². The monoisotopic (exact) mass is 314 g/mol. The molecule has 0 spiro atoms. The van der Waals surface area contributed by atoms with Crippen LogP contribution in [0.1, 0.15) is 40.5 Å².